The third kappa shape index (κ3) is 3.85. The van der Waals surface area contributed by atoms with Gasteiger partial charge >= 0.3 is 0 Å². The van der Waals surface area contributed by atoms with Crippen LogP contribution in [0.2, 0.25) is 0 Å². The Morgan fingerprint density at radius 2 is 1.75 bits per heavy atom. The van der Waals surface area contributed by atoms with Crippen LogP contribution in [0.1, 0.15) is 33.3 Å². The van der Waals surface area contributed by atoms with Gasteiger partial charge in [0.1, 0.15) is 5.65 Å². The molecule has 0 saturated heterocycles. The molecule has 16 heavy (non-hydrogen) atoms. The molecule has 3 nitrogen and oxygen atoms in total. The summed E-state index contributed by atoms with van der Waals surface area (Å²) in [4.78, 5) is 17.6. The standard InChI is InChI=1S/C9H8N2O.2C2H6/c1-6-4-7-2-3-8(12)11-9(7)10-5-6;2*1-2/h2-5H,1H3,(H,10,11,12);2*1-2H3. The Balaban J connectivity index is 0.000000509. The summed E-state index contributed by atoms with van der Waals surface area (Å²) < 4.78 is 0. The van der Waals surface area contributed by atoms with E-state index in [2.05, 4.69) is 9.97 Å². The number of nitrogens with one attached hydrogen (secondary N) is 1. The van der Waals surface area contributed by atoms with Crippen molar-refractivity contribution in [3.05, 3.63) is 40.3 Å². The molecule has 0 amide bonds. The summed E-state index contributed by atoms with van der Waals surface area (Å²) in [5, 5.41) is 0.967. The number of aryl methyl sites for hydroxylation is 1. The van der Waals surface area contributed by atoms with Crippen molar-refractivity contribution < 1.29 is 0 Å². The van der Waals surface area contributed by atoms with Crippen LogP contribution in [-0.2, 0) is 0 Å². The van der Waals surface area contributed by atoms with E-state index in [4.69, 9.17) is 0 Å². The summed E-state index contributed by atoms with van der Waals surface area (Å²) in [6, 6.07) is 5.26. The molecule has 0 spiro atoms. The average Bonchev–Trinajstić information content (AvgIpc) is 2.35. The fraction of sp³-hybridized carbons (Fsp3) is 0.385. The number of fused-ring (bicyclic) bond motifs is 1. The minimum atomic E-state index is -0.112. The van der Waals surface area contributed by atoms with Crippen LogP contribution in [0.3, 0.4) is 0 Å². The maximum absolute atomic E-state index is 10.9. The van der Waals surface area contributed by atoms with E-state index in [0.29, 0.717) is 5.65 Å². The number of pyridine rings is 2. The maximum atomic E-state index is 10.9. The molecule has 1 N–H and O–H groups in total. The van der Waals surface area contributed by atoms with Gasteiger partial charge in [0.05, 0.1) is 0 Å². The van der Waals surface area contributed by atoms with E-state index < -0.39 is 0 Å². The van der Waals surface area contributed by atoms with Crippen LogP contribution < -0.4 is 5.56 Å². The Bertz CT molecular complexity index is 475. The molecular weight excluding hydrogens is 200 g/mol. The Hall–Kier alpha value is -1.64. The van der Waals surface area contributed by atoms with E-state index in [1.54, 1.807) is 12.3 Å². The monoisotopic (exact) mass is 220 g/mol. The van der Waals surface area contributed by atoms with Crippen LogP contribution in [0, 0.1) is 6.92 Å². The van der Waals surface area contributed by atoms with E-state index >= 15 is 0 Å². The van der Waals surface area contributed by atoms with Crippen molar-refractivity contribution in [2.45, 2.75) is 34.6 Å². The molecule has 2 aromatic heterocycles. The summed E-state index contributed by atoms with van der Waals surface area (Å²) in [6.07, 6.45) is 1.73. The molecule has 0 aromatic carbocycles. The zero-order valence-corrected chi connectivity index (χ0v) is 10.7. The molecule has 0 bridgehead atoms. The number of H-pyrrole nitrogens is 1. The molecule has 88 valence electrons. The highest BCUT2D eigenvalue weighted by molar-refractivity contribution is 5.74. The Kier molecular flexibility index (Phi) is 6.84. The number of hydrogen-bond acceptors (Lipinski definition) is 2. The van der Waals surface area contributed by atoms with Gasteiger partial charge in [-0.1, -0.05) is 27.7 Å². The second-order valence-electron chi connectivity index (χ2n) is 2.77. The van der Waals surface area contributed by atoms with Crippen molar-refractivity contribution in [3.8, 4) is 0 Å². The van der Waals surface area contributed by atoms with Gasteiger partial charge in [0.15, 0.2) is 0 Å². The Morgan fingerprint density at radius 1 is 1.12 bits per heavy atom. The summed E-state index contributed by atoms with van der Waals surface area (Å²) in [5.74, 6) is 0. The van der Waals surface area contributed by atoms with Gasteiger partial charge in [-0.3, -0.25) is 4.79 Å². The minimum absolute atomic E-state index is 0.112. The van der Waals surface area contributed by atoms with Crippen LogP contribution in [0.25, 0.3) is 11.0 Å². The molecule has 0 aliphatic heterocycles. The van der Waals surface area contributed by atoms with Gasteiger partial charge in [0.2, 0.25) is 5.56 Å². The summed E-state index contributed by atoms with van der Waals surface area (Å²) in [6.45, 7) is 9.97. The molecule has 0 unspecified atom stereocenters. The molecule has 2 rings (SSSR count). The van der Waals surface area contributed by atoms with E-state index in [9.17, 15) is 4.79 Å². The van der Waals surface area contributed by atoms with Gasteiger partial charge < -0.3 is 4.98 Å². The smallest absolute Gasteiger partial charge is 0.249 e. The lowest BCUT2D eigenvalue weighted by molar-refractivity contribution is 1.21. The largest absolute Gasteiger partial charge is 0.307 e. The van der Waals surface area contributed by atoms with Crippen molar-refractivity contribution in [2.75, 3.05) is 0 Å². The molecule has 0 radical (unpaired) electrons. The van der Waals surface area contributed by atoms with Crippen LogP contribution in [-0.4, -0.2) is 9.97 Å². The van der Waals surface area contributed by atoms with Crippen molar-refractivity contribution in [1.29, 1.82) is 0 Å². The average molecular weight is 220 g/mol. The van der Waals surface area contributed by atoms with E-state index in [1.807, 2.05) is 40.7 Å². The second-order valence-corrected chi connectivity index (χ2v) is 2.77. The number of nitrogens with zero attached hydrogens (tertiary/aromatic N) is 1. The maximum Gasteiger partial charge on any atom is 0.249 e. The summed E-state index contributed by atoms with van der Waals surface area (Å²) in [5.41, 5.74) is 1.63. The van der Waals surface area contributed by atoms with E-state index in [0.717, 1.165) is 10.9 Å². The third-order valence-electron chi connectivity index (χ3n) is 1.71. The van der Waals surface area contributed by atoms with Crippen LogP contribution in [0.4, 0.5) is 0 Å². The topological polar surface area (TPSA) is 45.8 Å². The molecule has 2 heterocycles. The first kappa shape index (κ1) is 14.4. The van der Waals surface area contributed by atoms with Gasteiger partial charge in [-0.15, -0.1) is 0 Å². The molecule has 0 saturated carbocycles. The highest BCUT2D eigenvalue weighted by Crippen LogP contribution is 2.07. The summed E-state index contributed by atoms with van der Waals surface area (Å²) >= 11 is 0. The van der Waals surface area contributed by atoms with Crippen molar-refractivity contribution in [1.82, 2.24) is 9.97 Å². The number of hydrogen-bond donors (Lipinski definition) is 1. The van der Waals surface area contributed by atoms with Crippen LogP contribution >= 0.6 is 0 Å². The fourth-order valence-electron chi connectivity index (χ4n) is 1.15. The summed E-state index contributed by atoms with van der Waals surface area (Å²) in [7, 11) is 0. The fourth-order valence-corrected chi connectivity index (χ4v) is 1.15. The number of aromatic amines is 1. The zero-order chi connectivity index (χ0) is 12.6. The Labute approximate surface area is 96.6 Å². The van der Waals surface area contributed by atoms with Crippen molar-refractivity contribution in [3.63, 3.8) is 0 Å². The lowest BCUT2D eigenvalue weighted by Gasteiger charge is -1.96. The molecule has 0 aliphatic carbocycles. The van der Waals surface area contributed by atoms with Crippen molar-refractivity contribution in [2.24, 2.45) is 0 Å². The molecule has 0 aliphatic rings. The highest BCUT2D eigenvalue weighted by atomic mass is 16.1. The molecule has 0 fully saturated rings. The molecule has 3 heteroatoms. The minimum Gasteiger partial charge on any atom is -0.307 e. The van der Waals surface area contributed by atoms with Gasteiger partial charge in [0, 0.05) is 17.6 Å². The predicted molar refractivity (Wildman–Crippen MR) is 69.8 cm³/mol. The van der Waals surface area contributed by atoms with Crippen molar-refractivity contribution >= 4 is 11.0 Å². The third-order valence-corrected chi connectivity index (χ3v) is 1.71. The first-order valence-electron chi connectivity index (χ1n) is 5.71. The molecule has 2 aromatic rings. The first-order chi connectivity index (χ1) is 7.75. The highest BCUT2D eigenvalue weighted by Gasteiger charge is 1.94. The molecule has 0 atom stereocenters. The molecular formula is C13H20N2O. The lowest BCUT2D eigenvalue weighted by Crippen LogP contribution is -2.03. The zero-order valence-electron chi connectivity index (χ0n) is 10.7. The van der Waals surface area contributed by atoms with E-state index in [-0.39, 0.29) is 5.56 Å². The van der Waals surface area contributed by atoms with Gasteiger partial charge in [-0.2, -0.15) is 0 Å². The lowest BCUT2D eigenvalue weighted by atomic mass is 10.2. The van der Waals surface area contributed by atoms with Gasteiger partial charge in [0.25, 0.3) is 0 Å². The van der Waals surface area contributed by atoms with Gasteiger partial charge in [-0.05, 0) is 24.6 Å². The quantitative estimate of drug-likeness (QED) is 0.740. The van der Waals surface area contributed by atoms with Crippen LogP contribution in [0.15, 0.2) is 29.2 Å². The predicted octanol–water partition coefficient (Wildman–Crippen LogP) is 3.28. The van der Waals surface area contributed by atoms with E-state index in [1.165, 1.54) is 6.07 Å². The van der Waals surface area contributed by atoms with Gasteiger partial charge in [-0.25, -0.2) is 4.98 Å². The normalized spacial score (nSPS) is 8.56. The van der Waals surface area contributed by atoms with Crippen LogP contribution in [0.5, 0.6) is 0 Å². The Morgan fingerprint density at radius 3 is 2.38 bits per heavy atom. The number of aromatic nitrogens is 2. The first-order valence-corrected chi connectivity index (χ1v) is 5.71. The SMILES string of the molecule is CC.CC.Cc1cnc2[nH]c(=O)ccc2c1. The second kappa shape index (κ2) is 7.63. The number of rotatable bonds is 0.